The van der Waals surface area contributed by atoms with E-state index in [4.69, 9.17) is 4.74 Å². The first kappa shape index (κ1) is 21.4. The van der Waals surface area contributed by atoms with Crippen LogP contribution in [0.4, 0.5) is 5.69 Å². The molecule has 1 N–H and O–H groups in total. The predicted octanol–water partition coefficient (Wildman–Crippen LogP) is 3.52. The number of para-hydroxylation sites is 1. The highest BCUT2D eigenvalue weighted by Crippen LogP contribution is 2.24. The van der Waals surface area contributed by atoms with Crippen molar-refractivity contribution in [1.29, 1.82) is 0 Å². The summed E-state index contributed by atoms with van der Waals surface area (Å²) in [6.45, 7) is 1.98. The van der Waals surface area contributed by atoms with Crippen LogP contribution in [0.15, 0.2) is 83.8 Å². The highest BCUT2D eigenvalue weighted by Gasteiger charge is 2.27. The van der Waals surface area contributed by atoms with Gasteiger partial charge in [-0.3, -0.25) is 9.10 Å². The van der Waals surface area contributed by atoms with Gasteiger partial charge in [0.05, 0.1) is 17.7 Å². The van der Waals surface area contributed by atoms with Gasteiger partial charge in [-0.1, -0.05) is 48.0 Å². The molecule has 3 aromatic carbocycles. The molecular formula is C23H24N2O4S. The molecule has 0 saturated heterocycles. The summed E-state index contributed by atoms with van der Waals surface area (Å²) in [5.74, 6) is 0.160. The smallest absolute Gasteiger partial charge is 0.264 e. The Morgan fingerprint density at radius 3 is 2.17 bits per heavy atom. The Hall–Kier alpha value is -3.32. The molecule has 156 valence electrons. The van der Waals surface area contributed by atoms with Gasteiger partial charge in [0.25, 0.3) is 10.0 Å². The molecular weight excluding hydrogens is 400 g/mol. The molecule has 0 unspecified atom stereocenters. The average Bonchev–Trinajstić information content (AvgIpc) is 2.77. The molecule has 0 aliphatic heterocycles. The predicted molar refractivity (Wildman–Crippen MR) is 117 cm³/mol. The number of nitrogens with one attached hydrogen (secondary N) is 1. The van der Waals surface area contributed by atoms with Crippen LogP contribution >= 0.6 is 0 Å². The van der Waals surface area contributed by atoms with Gasteiger partial charge in [0.15, 0.2) is 0 Å². The molecule has 1 amide bonds. The molecule has 6 nitrogen and oxygen atoms in total. The average molecular weight is 425 g/mol. The molecule has 0 atom stereocenters. The Labute approximate surface area is 177 Å². The number of amides is 1. The van der Waals surface area contributed by atoms with E-state index in [1.54, 1.807) is 42.5 Å². The van der Waals surface area contributed by atoms with Crippen molar-refractivity contribution in [1.82, 2.24) is 5.32 Å². The number of anilines is 1. The van der Waals surface area contributed by atoms with E-state index in [1.165, 1.54) is 19.2 Å². The van der Waals surface area contributed by atoms with E-state index in [2.05, 4.69) is 5.32 Å². The second-order valence-electron chi connectivity index (χ2n) is 6.79. The van der Waals surface area contributed by atoms with Crippen LogP contribution in [-0.2, 0) is 21.4 Å². The van der Waals surface area contributed by atoms with E-state index >= 15 is 0 Å². The van der Waals surface area contributed by atoms with Crippen molar-refractivity contribution in [3.8, 4) is 5.75 Å². The quantitative estimate of drug-likeness (QED) is 0.600. The minimum Gasteiger partial charge on any atom is -0.497 e. The zero-order chi connectivity index (χ0) is 21.6. The summed E-state index contributed by atoms with van der Waals surface area (Å²) in [4.78, 5) is 12.7. The number of carbonyl (C=O) groups excluding carboxylic acids is 1. The lowest BCUT2D eigenvalue weighted by molar-refractivity contribution is -0.119. The maximum Gasteiger partial charge on any atom is 0.264 e. The zero-order valence-corrected chi connectivity index (χ0v) is 17.7. The number of hydrogen-bond acceptors (Lipinski definition) is 4. The van der Waals surface area contributed by atoms with E-state index in [0.29, 0.717) is 18.0 Å². The summed E-state index contributed by atoms with van der Waals surface area (Å²) in [6, 6.07) is 22.5. The van der Waals surface area contributed by atoms with Gasteiger partial charge in [-0.25, -0.2) is 8.42 Å². The SMILES string of the molecule is COc1ccc(S(=O)(=O)N(CC(=O)NCc2ccc(C)cc2)c2ccccc2)cc1. The summed E-state index contributed by atoms with van der Waals surface area (Å²) in [5.41, 5.74) is 2.49. The molecule has 0 radical (unpaired) electrons. The first-order chi connectivity index (χ1) is 14.4. The van der Waals surface area contributed by atoms with E-state index in [0.717, 1.165) is 15.4 Å². The third-order valence-corrected chi connectivity index (χ3v) is 6.38. The van der Waals surface area contributed by atoms with Gasteiger partial charge in [0, 0.05) is 6.54 Å². The molecule has 0 bridgehead atoms. The third kappa shape index (κ3) is 5.18. The van der Waals surface area contributed by atoms with E-state index in [1.807, 2.05) is 31.2 Å². The molecule has 0 heterocycles. The van der Waals surface area contributed by atoms with Gasteiger partial charge in [0.1, 0.15) is 12.3 Å². The van der Waals surface area contributed by atoms with Crippen molar-refractivity contribution in [2.75, 3.05) is 18.0 Å². The maximum atomic E-state index is 13.3. The number of rotatable bonds is 8. The van der Waals surface area contributed by atoms with Crippen LogP contribution in [0.1, 0.15) is 11.1 Å². The number of aryl methyl sites for hydroxylation is 1. The van der Waals surface area contributed by atoms with Crippen LogP contribution in [-0.4, -0.2) is 28.0 Å². The van der Waals surface area contributed by atoms with Crippen LogP contribution in [0, 0.1) is 6.92 Å². The van der Waals surface area contributed by atoms with Crippen molar-refractivity contribution in [3.63, 3.8) is 0 Å². The van der Waals surface area contributed by atoms with Gasteiger partial charge in [-0.05, 0) is 48.9 Å². The Morgan fingerprint density at radius 1 is 0.933 bits per heavy atom. The van der Waals surface area contributed by atoms with Crippen molar-refractivity contribution < 1.29 is 17.9 Å². The number of carbonyl (C=O) groups is 1. The number of nitrogens with zero attached hydrogens (tertiary/aromatic N) is 1. The van der Waals surface area contributed by atoms with E-state index in [-0.39, 0.29) is 11.4 Å². The first-order valence-corrected chi connectivity index (χ1v) is 10.9. The molecule has 30 heavy (non-hydrogen) atoms. The summed E-state index contributed by atoms with van der Waals surface area (Å²) in [7, 11) is -2.43. The molecule has 0 aliphatic rings. The zero-order valence-electron chi connectivity index (χ0n) is 16.9. The number of benzene rings is 3. The fraction of sp³-hybridized carbons (Fsp3) is 0.174. The van der Waals surface area contributed by atoms with Gasteiger partial charge >= 0.3 is 0 Å². The van der Waals surface area contributed by atoms with Crippen LogP contribution < -0.4 is 14.4 Å². The van der Waals surface area contributed by atoms with Crippen LogP contribution in [0.5, 0.6) is 5.75 Å². The van der Waals surface area contributed by atoms with Gasteiger partial charge in [-0.15, -0.1) is 0 Å². The van der Waals surface area contributed by atoms with Crippen LogP contribution in [0.2, 0.25) is 0 Å². The summed E-state index contributed by atoms with van der Waals surface area (Å²) in [5, 5.41) is 2.80. The largest absolute Gasteiger partial charge is 0.497 e. The number of methoxy groups -OCH3 is 1. The molecule has 3 rings (SSSR count). The van der Waals surface area contributed by atoms with Gasteiger partial charge in [-0.2, -0.15) is 0 Å². The summed E-state index contributed by atoms with van der Waals surface area (Å²) in [6.07, 6.45) is 0. The molecule has 0 spiro atoms. The molecule has 3 aromatic rings. The van der Waals surface area contributed by atoms with Crippen molar-refractivity contribution in [2.24, 2.45) is 0 Å². The fourth-order valence-corrected chi connectivity index (χ4v) is 4.30. The monoisotopic (exact) mass is 424 g/mol. The Kier molecular flexibility index (Phi) is 6.74. The summed E-state index contributed by atoms with van der Waals surface area (Å²) < 4.78 is 32.8. The minimum absolute atomic E-state index is 0.0819. The Balaban J connectivity index is 1.81. The van der Waals surface area contributed by atoms with Crippen LogP contribution in [0.3, 0.4) is 0 Å². The lowest BCUT2D eigenvalue weighted by Crippen LogP contribution is -2.40. The van der Waals surface area contributed by atoms with Gasteiger partial charge in [0.2, 0.25) is 5.91 Å². The number of ether oxygens (including phenoxy) is 1. The lowest BCUT2D eigenvalue weighted by atomic mass is 10.1. The highest BCUT2D eigenvalue weighted by molar-refractivity contribution is 7.92. The topological polar surface area (TPSA) is 75.7 Å². The standard InChI is InChI=1S/C23H24N2O4S/c1-18-8-10-19(11-9-18)16-24-23(26)17-25(20-6-4-3-5-7-20)30(27,28)22-14-12-21(29-2)13-15-22/h3-15H,16-17H2,1-2H3,(H,24,26). The third-order valence-electron chi connectivity index (χ3n) is 4.59. The molecule has 0 fully saturated rings. The summed E-state index contributed by atoms with van der Waals surface area (Å²) >= 11 is 0. The van der Waals surface area contributed by atoms with Crippen molar-refractivity contribution in [3.05, 3.63) is 90.0 Å². The maximum absolute atomic E-state index is 13.3. The molecule has 0 aliphatic carbocycles. The van der Waals surface area contributed by atoms with Crippen LogP contribution in [0.25, 0.3) is 0 Å². The number of sulfonamides is 1. The molecule has 0 aromatic heterocycles. The van der Waals surface area contributed by atoms with Crippen molar-refractivity contribution in [2.45, 2.75) is 18.4 Å². The second-order valence-corrected chi connectivity index (χ2v) is 8.65. The van der Waals surface area contributed by atoms with E-state index in [9.17, 15) is 13.2 Å². The van der Waals surface area contributed by atoms with Crippen molar-refractivity contribution >= 4 is 21.6 Å². The van der Waals surface area contributed by atoms with Gasteiger partial charge < -0.3 is 10.1 Å². The minimum atomic E-state index is -3.95. The highest BCUT2D eigenvalue weighted by atomic mass is 32.2. The Morgan fingerprint density at radius 2 is 1.57 bits per heavy atom. The number of hydrogen-bond donors (Lipinski definition) is 1. The fourth-order valence-electron chi connectivity index (χ4n) is 2.88. The lowest BCUT2D eigenvalue weighted by Gasteiger charge is -2.24. The molecule has 0 saturated carbocycles. The Bertz CT molecular complexity index is 1080. The first-order valence-electron chi connectivity index (χ1n) is 9.44. The van der Waals surface area contributed by atoms with E-state index < -0.39 is 15.9 Å². The normalized spacial score (nSPS) is 11.0. The second kappa shape index (κ2) is 9.45. The molecule has 7 heteroatoms.